The standard InChI is InChI=1S/C18H24N4O2/c1-4-5-6-7-22-17(23)16(14(11-20)12-21)9-15(18(22,3)24)8-13(2)10-19/h8,24H,2,4-7,9,11,20H2,1,3H3/b15-8+,16-14-. The van der Waals surface area contributed by atoms with Gasteiger partial charge in [0.1, 0.15) is 0 Å². The van der Waals surface area contributed by atoms with Gasteiger partial charge in [0.25, 0.3) is 5.91 Å². The van der Waals surface area contributed by atoms with Gasteiger partial charge in [-0.15, -0.1) is 0 Å². The number of carbonyl (C=O) groups excluding carboxylic acids is 1. The normalized spacial score (nSPS) is 24.5. The molecule has 0 bridgehead atoms. The number of carbonyl (C=O) groups is 1. The Bertz CT molecular complexity index is 659. The number of piperidine rings is 1. The quantitative estimate of drug-likeness (QED) is 0.439. The Hall–Kier alpha value is -2.41. The maximum absolute atomic E-state index is 12.8. The van der Waals surface area contributed by atoms with Gasteiger partial charge in [-0.05, 0) is 25.0 Å². The molecule has 1 aliphatic heterocycles. The summed E-state index contributed by atoms with van der Waals surface area (Å²) in [6.45, 7) is 7.50. The van der Waals surface area contributed by atoms with Crippen molar-refractivity contribution in [3.63, 3.8) is 0 Å². The number of unbranched alkanes of at least 4 members (excludes halogenated alkanes) is 2. The number of hydrogen-bond acceptors (Lipinski definition) is 5. The summed E-state index contributed by atoms with van der Waals surface area (Å²) in [5.74, 6) is -0.377. The number of nitrogens with two attached hydrogens (primary N) is 1. The highest BCUT2D eigenvalue weighted by Gasteiger charge is 2.43. The summed E-state index contributed by atoms with van der Waals surface area (Å²) in [6.07, 6.45) is 4.20. The lowest BCUT2D eigenvalue weighted by Crippen LogP contribution is -2.55. The van der Waals surface area contributed by atoms with Crippen LogP contribution in [-0.2, 0) is 4.79 Å². The number of hydrogen-bond donors (Lipinski definition) is 2. The van der Waals surface area contributed by atoms with Gasteiger partial charge in [-0.3, -0.25) is 4.79 Å². The highest BCUT2D eigenvalue weighted by molar-refractivity contribution is 5.97. The van der Waals surface area contributed by atoms with Crippen molar-refractivity contribution < 1.29 is 9.90 Å². The molecule has 0 aliphatic carbocycles. The fourth-order valence-corrected chi connectivity index (χ4v) is 2.71. The van der Waals surface area contributed by atoms with Gasteiger partial charge >= 0.3 is 0 Å². The molecule has 0 radical (unpaired) electrons. The molecule has 1 rings (SSSR count). The van der Waals surface area contributed by atoms with Crippen molar-refractivity contribution in [1.82, 2.24) is 4.90 Å². The molecular formula is C18H24N4O2. The molecule has 1 atom stereocenters. The molecule has 0 aromatic rings. The number of amides is 1. The van der Waals surface area contributed by atoms with Gasteiger partial charge in [0.2, 0.25) is 0 Å². The number of nitrogens with zero attached hydrogens (tertiary/aromatic N) is 3. The zero-order chi connectivity index (χ0) is 18.3. The van der Waals surface area contributed by atoms with Gasteiger partial charge < -0.3 is 15.7 Å². The maximum Gasteiger partial charge on any atom is 0.253 e. The van der Waals surface area contributed by atoms with Crippen LogP contribution in [-0.4, -0.2) is 34.7 Å². The van der Waals surface area contributed by atoms with E-state index in [2.05, 4.69) is 6.58 Å². The van der Waals surface area contributed by atoms with E-state index in [4.69, 9.17) is 11.0 Å². The molecule has 6 heteroatoms. The minimum atomic E-state index is -1.52. The van der Waals surface area contributed by atoms with Crippen molar-refractivity contribution in [3.8, 4) is 12.1 Å². The van der Waals surface area contributed by atoms with Crippen molar-refractivity contribution >= 4 is 5.91 Å². The Balaban J connectivity index is 3.39. The molecule has 24 heavy (non-hydrogen) atoms. The largest absolute Gasteiger partial charge is 0.367 e. The Morgan fingerprint density at radius 1 is 1.46 bits per heavy atom. The Labute approximate surface area is 143 Å². The predicted octanol–water partition coefficient (Wildman–Crippen LogP) is 1.90. The van der Waals surface area contributed by atoms with Crippen LogP contribution < -0.4 is 5.73 Å². The minimum absolute atomic E-state index is 0.0466. The summed E-state index contributed by atoms with van der Waals surface area (Å²) in [5.41, 5.74) is 5.17. The van der Waals surface area contributed by atoms with E-state index in [9.17, 15) is 15.2 Å². The minimum Gasteiger partial charge on any atom is -0.367 e. The van der Waals surface area contributed by atoms with Crippen LogP contribution in [0.3, 0.4) is 0 Å². The van der Waals surface area contributed by atoms with Gasteiger partial charge in [0.05, 0.1) is 17.7 Å². The molecule has 1 amide bonds. The second-order valence-electron chi connectivity index (χ2n) is 5.94. The van der Waals surface area contributed by atoms with E-state index in [1.54, 1.807) is 0 Å². The first-order chi connectivity index (χ1) is 11.3. The summed E-state index contributed by atoms with van der Waals surface area (Å²) >= 11 is 0. The molecule has 6 nitrogen and oxygen atoms in total. The Morgan fingerprint density at radius 3 is 2.62 bits per heavy atom. The topological polar surface area (TPSA) is 114 Å². The molecule has 128 valence electrons. The first-order valence-corrected chi connectivity index (χ1v) is 8.00. The summed E-state index contributed by atoms with van der Waals surface area (Å²) in [4.78, 5) is 14.1. The van der Waals surface area contributed by atoms with E-state index in [-0.39, 0.29) is 35.6 Å². The highest BCUT2D eigenvalue weighted by atomic mass is 16.3. The molecule has 0 spiro atoms. The number of allylic oxidation sites excluding steroid dienone is 2. The Morgan fingerprint density at radius 2 is 2.12 bits per heavy atom. The molecule has 1 fully saturated rings. The van der Waals surface area contributed by atoms with Crippen LogP contribution in [0.25, 0.3) is 0 Å². The van der Waals surface area contributed by atoms with Gasteiger partial charge in [-0.1, -0.05) is 26.3 Å². The van der Waals surface area contributed by atoms with Crippen LogP contribution in [0.5, 0.6) is 0 Å². The van der Waals surface area contributed by atoms with Crippen molar-refractivity contribution in [3.05, 3.63) is 34.9 Å². The average Bonchev–Trinajstić information content (AvgIpc) is 2.55. The molecule has 0 saturated carbocycles. The predicted molar refractivity (Wildman–Crippen MR) is 91.0 cm³/mol. The van der Waals surface area contributed by atoms with E-state index in [0.29, 0.717) is 12.1 Å². The zero-order valence-corrected chi connectivity index (χ0v) is 14.3. The van der Waals surface area contributed by atoms with Gasteiger partial charge in [-0.25, -0.2) is 0 Å². The van der Waals surface area contributed by atoms with Crippen LogP contribution in [0.15, 0.2) is 34.9 Å². The molecule has 1 saturated heterocycles. The molecule has 0 aromatic heterocycles. The number of nitriles is 2. The molecule has 1 unspecified atom stereocenters. The first-order valence-electron chi connectivity index (χ1n) is 8.00. The third-order valence-electron chi connectivity index (χ3n) is 4.19. The Kier molecular flexibility index (Phi) is 6.91. The lowest BCUT2D eigenvalue weighted by molar-refractivity contribution is -0.149. The van der Waals surface area contributed by atoms with Crippen molar-refractivity contribution in [2.75, 3.05) is 13.1 Å². The molecule has 1 heterocycles. The number of aliphatic hydroxyl groups is 1. The van der Waals surface area contributed by atoms with Gasteiger partial charge in [0, 0.05) is 30.7 Å². The summed E-state index contributed by atoms with van der Waals surface area (Å²) in [6, 6.07) is 3.87. The first kappa shape index (κ1) is 19.6. The number of rotatable bonds is 6. The molecule has 3 N–H and O–H groups in total. The fourth-order valence-electron chi connectivity index (χ4n) is 2.71. The zero-order valence-electron chi connectivity index (χ0n) is 14.3. The fraction of sp³-hybridized carbons (Fsp3) is 0.500. The van der Waals surface area contributed by atoms with Gasteiger partial charge in [-0.2, -0.15) is 10.5 Å². The third kappa shape index (κ3) is 4.11. The summed E-state index contributed by atoms with van der Waals surface area (Å²) < 4.78 is 0. The van der Waals surface area contributed by atoms with E-state index < -0.39 is 5.72 Å². The van der Waals surface area contributed by atoms with E-state index in [0.717, 1.165) is 19.3 Å². The van der Waals surface area contributed by atoms with E-state index >= 15 is 0 Å². The second-order valence-corrected chi connectivity index (χ2v) is 5.94. The molecule has 0 aromatic carbocycles. The monoisotopic (exact) mass is 328 g/mol. The summed E-state index contributed by atoms with van der Waals surface area (Å²) in [7, 11) is 0. The lowest BCUT2D eigenvalue weighted by Gasteiger charge is -2.44. The molecular weight excluding hydrogens is 304 g/mol. The van der Waals surface area contributed by atoms with Crippen LogP contribution in [0, 0.1) is 22.7 Å². The third-order valence-corrected chi connectivity index (χ3v) is 4.19. The van der Waals surface area contributed by atoms with Crippen LogP contribution in [0.2, 0.25) is 0 Å². The second kappa shape index (κ2) is 8.44. The SMILES string of the molecule is C=C(C#N)/C=C1\C/C(=C(/C#N)CN)C(=O)N(CCCCC)C1(C)O. The molecule has 1 aliphatic rings. The van der Waals surface area contributed by atoms with Crippen LogP contribution in [0.1, 0.15) is 39.5 Å². The number of likely N-dealkylation sites (tertiary alicyclic amines) is 1. The highest BCUT2D eigenvalue weighted by Crippen LogP contribution is 2.36. The smallest absolute Gasteiger partial charge is 0.253 e. The van der Waals surface area contributed by atoms with Gasteiger partial charge in [0.15, 0.2) is 5.72 Å². The maximum atomic E-state index is 12.8. The van der Waals surface area contributed by atoms with Crippen molar-refractivity contribution in [2.24, 2.45) is 5.73 Å². The lowest BCUT2D eigenvalue weighted by atomic mass is 9.85. The average molecular weight is 328 g/mol. The van der Waals surface area contributed by atoms with Crippen LogP contribution >= 0.6 is 0 Å². The van der Waals surface area contributed by atoms with Crippen LogP contribution in [0.4, 0.5) is 0 Å². The van der Waals surface area contributed by atoms with E-state index in [1.807, 2.05) is 19.1 Å². The van der Waals surface area contributed by atoms with E-state index in [1.165, 1.54) is 17.9 Å². The van der Waals surface area contributed by atoms with Crippen molar-refractivity contribution in [2.45, 2.75) is 45.3 Å². The van der Waals surface area contributed by atoms with Crippen molar-refractivity contribution in [1.29, 1.82) is 10.5 Å². The summed E-state index contributed by atoms with van der Waals surface area (Å²) in [5, 5.41) is 29.1.